The van der Waals surface area contributed by atoms with Crippen LogP contribution in [0.5, 0.6) is 0 Å². The van der Waals surface area contributed by atoms with Gasteiger partial charge in [0.1, 0.15) is 0 Å². The summed E-state index contributed by atoms with van der Waals surface area (Å²) < 4.78 is 26.0. The summed E-state index contributed by atoms with van der Waals surface area (Å²) >= 11 is 1.30. The zero-order valence-electron chi connectivity index (χ0n) is 10.7. The molecular weight excluding hydrogens is 280 g/mol. The summed E-state index contributed by atoms with van der Waals surface area (Å²) in [5.74, 6) is 0.143. The lowest BCUT2D eigenvalue weighted by Crippen LogP contribution is -2.16. The number of rotatable bonds is 6. The van der Waals surface area contributed by atoms with Crippen LogP contribution in [0.2, 0.25) is 0 Å². The van der Waals surface area contributed by atoms with Crippen LogP contribution in [0.1, 0.15) is 19.8 Å². The van der Waals surface area contributed by atoms with Crippen molar-refractivity contribution in [1.82, 2.24) is 4.98 Å². The Labute approximate surface area is 117 Å². The van der Waals surface area contributed by atoms with Crippen LogP contribution in [0.15, 0.2) is 35.7 Å². The summed E-state index contributed by atoms with van der Waals surface area (Å²) in [6.45, 7) is 1.96. The maximum Gasteiger partial charge on any atom is 0.234 e. The van der Waals surface area contributed by atoms with Crippen LogP contribution in [0.3, 0.4) is 0 Å². The topological polar surface area (TPSA) is 59.1 Å². The Balaban J connectivity index is 2.10. The van der Waals surface area contributed by atoms with Crippen LogP contribution in [-0.4, -0.2) is 19.2 Å². The van der Waals surface area contributed by atoms with Crippen molar-refractivity contribution in [3.05, 3.63) is 35.7 Å². The van der Waals surface area contributed by atoms with E-state index in [1.807, 2.05) is 42.6 Å². The van der Waals surface area contributed by atoms with Crippen molar-refractivity contribution >= 4 is 26.5 Å². The predicted molar refractivity (Wildman–Crippen MR) is 79.9 cm³/mol. The van der Waals surface area contributed by atoms with Crippen molar-refractivity contribution < 1.29 is 8.42 Å². The van der Waals surface area contributed by atoms with Gasteiger partial charge in [0, 0.05) is 10.9 Å². The molecule has 0 aliphatic carbocycles. The molecule has 2 rings (SSSR count). The zero-order chi connectivity index (χ0) is 13.7. The zero-order valence-corrected chi connectivity index (χ0v) is 12.3. The Kier molecular flexibility index (Phi) is 4.55. The van der Waals surface area contributed by atoms with Crippen molar-refractivity contribution in [1.29, 1.82) is 0 Å². The number of nitrogens with zero attached hydrogens (tertiary/aromatic N) is 1. The van der Waals surface area contributed by atoms with Crippen LogP contribution in [0.4, 0.5) is 5.13 Å². The first-order valence-electron chi connectivity index (χ1n) is 6.12. The molecule has 4 nitrogen and oxygen atoms in total. The van der Waals surface area contributed by atoms with Crippen molar-refractivity contribution in [2.45, 2.75) is 19.8 Å². The minimum atomic E-state index is -3.27. The van der Waals surface area contributed by atoms with Gasteiger partial charge in [-0.05, 0) is 6.42 Å². The maximum absolute atomic E-state index is 11.8. The molecule has 6 heteroatoms. The van der Waals surface area contributed by atoms with Crippen molar-refractivity contribution in [2.75, 3.05) is 10.5 Å². The fourth-order valence-electron chi connectivity index (χ4n) is 1.58. The number of hydrogen-bond acceptors (Lipinski definition) is 4. The van der Waals surface area contributed by atoms with Crippen LogP contribution >= 0.6 is 11.3 Å². The van der Waals surface area contributed by atoms with Crippen molar-refractivity contribution in [3.63, 3.8) is 0 Å². The highest BCUT2D eigenvalue weighted by atomic mass is 32.2. The average Bonchev–Trinajstić information content (AvgIpc) is 2.85. The van der Waals surface area contributed by atoms with Crippen molar-refractivity contribution in [3.8, 4) is 11.3 Å². The van der Waals surface area contributed by atoms with E-state index < -0.39 is 10.0 Å². The molecular formula is C13H16N2O2S2. The van der Waals surface area contributed by atoms with E-state index >= 15 is 0 Å². The van der Waals surface area contributed by atoms with E-state index in [-0.39, 0.29) is 5.75 Å². The first-order valence-corrected chi connectivity index (χ1v) is 8.65. The highest BCUT2D eigenvalue weighted by molar-refractivity contribution is 7.92. The molecule has 0 fully saturated rings. The van der Waals surface area contributed by atoms with Crippen LogP contribution in [0, 0.1) is 0 Å². The number of thiazole rings is 1. The first-order chi connectivity index (χ1) is 9.11. The van der Waals surface area contributed by atoms with Gasteiger partial charge < -0.3 is 0 Å². The molecule has 0 saturated carbocycles. The largest absolute Gasteiger partial charge is 0.259 e. The number of benzene rings is 1. The van der Waals surface area contributed by atoms with E-state index in [0.29, 0.717) is 11.6 Å². The minimum absolute atomic E-state index is 0.143. The van der Waals surface area contributed by atoms with Gasteiger partial charge in [-0.25, -0.2) is 13.4 Å². The third kappa shape index (κ3) is 4.04. The molecule has 0 radical (unpaired) electrons. The number of unbranched alkanes of at least 4 members (excludes halogenated alkanes) is 1. The van der Waals surface area contributed by atoms with E-state index in [1.165, 1.54) is 11.3 Å². The highest BCUT2D eigenvalue weighted by Gasteiger charge is 2.12. The highest BCUT2D eigenvalue weighted by Crippen LogP contribution is 2.25. The van der Waals surface area contributed by atoms with Gasteiger partial charge in [-0.15, -0.1) is 11.3 Å². The fraction of sp³-hybridized carbons (Fsp3) is 0.308. The molecule has 0 amide bonds. The van der Waals surface area contributed by atoms with Gasteiger partial charge in [0.2, 0.25) is 10.0 Å². The van der Waals surface area contributed by atoms with Gasteiger partial charge in [0.15, 0.2) is 5.13 Å². The number of hydrogen-bond donors (Lipinski definition) is 1. The molecule has 1 aromatic heterocycles. The van der Waals surface area contributed by atoms with Gasteiger partial charge in [-0.2, -0.15) is 0 Å². The van der Waals surface area contributed by atoms with Crippen LogP contribution < -0.4 is 4.72 Å². The molecule has 2 aromatic rings. The molecule has 0 bridgehead atoms. The number of aromatic nitrogens is 1. The third-order valence-corrected chi connectivity index (χ3v) is 4.80. The molecule has 0 atom stereocenters. The number of anilines is 1. The Morgan fingerprint density at radius 2 is 2.00 bits per heavy atom. The first kappa shape index (κ1) is 14.0. The SMILES string of the molecule is CCCCS(=O)(=O)Nc1nc(-c2ccccc2)cs1. The lowest BCUT2D eigenvalue weighted by molar-refractivity contribution is 0.598. The van der Waals surface area contributed by atoms with E-state index in [4.69, 9.17) is 0 Å². The summed E-state index contributed by atoms with van der Waals surface area (Å²) in [6.07, 6.45) is 1.51. The summed E-state index contributed by atoms with van der Waals surface area (Å²) in [6, 6.07) is 9.69. The Morgan fingerprint density at radius 3 is 2.68 bits per heavy atom. The monoisotopic (exact) mass is 296 g/mol. The van der Waals surface area contributed by atoms with E-state index in [9.17, 15) is 8.42 Å². The van der Waals surface area contributed by atoms with Crippen molar-refractivity contribution in [2.24, 2.45) is 0 Å². The molecule has 0 aliphatic rings. The summed E-state index contributed by atoms with van der Waals surface area (Å²) in [7, 11) is -3.27. The molecule has 19 heavy (non-hydrogen) atoms. The summed E-state index contributed by atoms with van der Waals surface area (Å²) in [5.41, 5.74) is 1.77. The third-order valence-electron chi connectivity index (χ3n) is 2.58. The smallest absolute Gasteiger partial charge is 0.234 e. The Hall–Kier alpha value is -1.40. The Morgan fingerprint density at radius 1 is 1.26 bits per heavy atom. The molecule has 0 spiro atoms. The van der Waals surface area contributed by atoms with Gasteiger partial charge in [0.25, 0.3) is 0 Å². The van der Waals surface area contributed by atoms with Gasteiger partial charge >= 0.3 is 0 Å². The van der Waals surface area contributed by atoms with Gasteiger partial charge in [-0.1, -0.05) is 43.7 Å². The summed E-state index contributed by atoms with van der Waals surface area (Å²) in [5, 5.41) is 2.28. The van der Waals surface area contributed by atoms with E-state index in [0.717, 1.165) is 17.7 Å². The van der Waals surface area contributed by atoms with Gasteiger partial charge in [0.05, 0.1) is 11.4 Å². The molecule has 102 valence electrons. The van der Waals surface area contributed by atoms with Gasteiger partial charge in [-0.3, -0.25) is 4.72 Å². The standard InChI is InChI=1S/C13H16N2O2S2/c1-2-3-9-19(16,17)15-13-14-12(10-18-13)11-7-5-4-6-8-11/h4-8,10H,2-3,9H2,1H3,(H,14,15). The molecule has 0 saturated heterocycles. The predicted octanol–water partition coefficient (Wildman–Crippen LogP) is 3.35. The minimum Gasteiger partial charge on any atom is -0.259 e. The quantitative estimate of drug-likeness (QED) is 0.889. The van der Waals surface area contributed by atoms with Crippen LogP contribution in [-0.2, 0) is 10.0 Å². The van der Waals surface area contributed by atoms with E-state index in [1.54, 1.807) is 0 Å². The lowest BCUT2D eigenvalue weighted by Gasteiger charge is -2.03. The van der Waals surface area contributed by atoms with Crippen LogP contribution in [0.25, 0.3) is 11.3 Å². The second-order valence-electron chi connectivity index (χ2n) is 4.18. The summed E-state index contributed by atoms with van der Waals surface area (Å²) in [4.78, 5) is 4.30. The molecule has 0 aliphatic heterocycles. The number of nitrogens with one attached hydrogen (secondary N) is 1. The molecule has 0 unspecified atom stereocenters. The second-order valence-corrected chi connectivity index (χ2v) is 6.88. The fourth-order valence-corrected chi connectivity index (χ4v) is 3.80. The second kappa shape index (κ2) is 6.16. The Bertz CT molecular complexity index is 621. The maximum atomic E-state index is 11.8. The lowest BCUT2D eigenvalue weighted by atomic mass is 10.2. The molecule has 1 aromatic carbocycles. The normalized spacial score (nSPS) is 11.4. The average molecular weight is 296 g/mol. The number of sulfonamides is 1. The molecule has 1 heterocycles. The van der Waals surface area contributed by atoms with E-state index in [2.05, 4.69) is 9.71 Å². The molecule has 1 N–H and O–H groups in total.